The number of thioether (sulfide) groups is 1. The van der Waals surface area contributed by atoms with E-state index in [1.165, 1.54) is 0 Å². The lowest BCUT2D eigenvalue weighted by Gasteiger charge is -2.16. The fourth-order valence-electron chi connectivity index (χ4n) is 1.48. The van der Waals surface area contributed by atoms with Gasteiger partial charge in [0, 0.05) is 11.1 Å². The highest BCUT2D eigenvalue weighted by molar-refractivity contribution is 7.99. The van der Waals surface area contributed by atoms with Gasteiger partial charge in [0.25, 0.3) is 0 Å². The number of rotatable bonds is 6. The number of halogens is 1. The van der Waals surface area contributed by atoms with Crippen molar-refractivity contribution < 1.29 is 0 Å². The molecule has 0 aliphatic rings. The molecule has 92 valence electrons. The van der Waals surface area contributed by atoms with Crippen molar-refractivity contribution in [2.24, 2.45) is 0 Å². The number of nitrogens with one attached hydrogen (secondary N) is 1. The molecule has 1 atom stereocenters. The fraction of sp³-hybridized carbons (Fsp3) is 0.462. The van der Waals surface area contributed by atoms with Gasteiger partial charge in [-0.1, -0.05) is 18.5 Å². The molecule has 0 spiro atoms. The third kappa shape index (κ3) is 4.89. The van der Waals surface area contributed by atoms with Crippen LogP contribution in [0, 0.1) is 11.3 Å². The van der Waals surface area contributed by atoms with Crippen molar-refractivity contribution >= 4 is 29.1 Å². The normalized spacial score (nSPS) is 11.9. The Labute approximate surface area is 112 Å². The lowest BCUT2D eigenvalue weighted by Crippen LogP contribution is -2.16. The second-order valence-corrected chi connectivity index (χ2v) is 5.66. The van der Waals surface area contributed by atoms with Gasteiger partial charge in [0.15, 0.2) is 0 Å². The second-order valence-electron chi connectivity index (χ2n) is 3.83. The van der Waals surface area contributed by atoms with Gasteiger partial charge < -0.3 is 5.32 Å². The SMILES string of the molecule is CCSCCC(C)Nc1ccc(Cl)cc1C#N. The molecule has 0 saturated heterocycles. The molecule has 17 heavy (non-hydrogen) atoms. The molecular formula is C13H17ClN2S. The van der Waals surface area contributed by atoms with E-state index in [2.05, 4.69) is 25.2 Å². The summed E-state index contributed by atoms with van der Waals surface area (Å²) in [6, 6.07) is 7.88. The van der Waals surface area contributed by atoms with Crippen molar-refractivity contribution in [3.63, 3.8) is 0 Å². The number of hydrogen-bond acceptors (Lipinski definition) is 3. The maximum atomic E-state index is 9.02. The van der Waals surface area contributed by atoms with Crippen LogP contribution in [0.15, 0.2) is 18.2 Å². The van der Waals surface area contributed by atoms with Crippen LogP contribution in [0.5, 0.6) is 0 Å². The smallest absolute Gasteiger partial charge is 0.101 e. The van der Waals surface area contributed by atoms with Crippen molar-refractivity contribution in [3.05, 3.63) is 28.8 Å². The topological polar surface area (TPSA) is 35.8 Å². The maximum Gasteiger partial charge on any atom is 0.101 e. The summed E-state index contributed by atoms with van der Waals surface area (Å²) in [4.78, 5) is 0. The van der Waals surface area contributed by atoms with Crippen LogP contribution in [0.3, 0.4) is 0 Å². The third-order valence-corrected chi connectivity index (χ3v) is 3.57. The number of nitriles is 1. The predicted octanol–water partition coefficient (Wildman–Crippen LogP) is 4.16. The molecule has 1 unspecified atom stereocenters. The Morgan fingerprint density at radius 1 is 1.53 bits per heavy atom. The molecule has 0 saturated carbocycles. The maximum absolute atomic E-state index is 9.02. The fourth-order valence-corrected chi connectivity index (χ4v) is 2.46. The number of anilines is 1. The number of hydrogen-bond donors (Lipinski definition) is 1. The number of benzene rings is 1. The molecule has 0 aliphatic heterocycles. The first-order valence-corrected chi connectivity index (χ1v) is 7.24. The van der Waals surface area contributed by atoms with Gasteiger partial charge in [-0.3, -0.25) is 0 Å². The van der Waals surface area contributed by atoms with Gasteiger partial charge in [0.05, 0.1) is 11.3 Å². The molecule has 1 rings (SSSR count). The van der Waals surface area contributed by atoms with Crippen molar-refractivity contribution in [2.75, 3.05) is 16.8 Å². The summed E-state index contributed by atoms with van der Waals surface area (Å²) < 4.78 is 0. The molecule has 1 aromatic rings. The summed E-state index contributed by atoms with van der Waals surface area (Å²) in [5.41, 5.74) is 1.47. The van der Waals surface area contributed by atoms with E-state index in [0.29, 0.717) is 16.6 Å². The van der Waals surface area contributed by atoms with Crippen LogP contribution in [0.1, 0.15) is 25.8 Å². The standard InChI is InChI=1S/C13H17ClN2S/c1-3-17-7-6-10(2)16-13-5-4-12(14)8-11(13)9-15/h4-5,8,10,16H,3,6-7H2,1-2H3. The van der Waals surface area contributed by atoms with E-state index in [-0.39, 0.29) is 0 Å². The average molecular weight is 269 g/mol. The van der Waals surface area contributed by atoms with E-state index in [1.807, 2.05) is 17.8 Å². The predicted molar refractivity (Wildman–Crippen MR) is 76.9 cm³/mol. The lowest BCUT2D eigenvalue weighted by molar-refractivity contribution is 0.771. The van der Waals surface area contributed by atoms with E-state index in [0.717, 1.165) is 23.6 Å². The first kappa shape index (κ1) is 14.2. The van der Waals surface area contributed by atoms with Crippen molar-refractivity contribution in [3.8, 4) is 6.07 Å². The molecule has 0 fully saturated rings. The first-order chi connectivity index (χ1) is 8.17. The molecule has 0 heterocycles. The van der Waals surface area contributed by atoms with Gasteiger partial charge in [0.1, 0.15) is 6.07 Å². The van der Waals surface area contributed by atoms with E-state index in [9.17, 15) is 0 Å². The van der Waals surface area contributed by atoms with Gasteiger partial charge in [0.2, 0.25) is 0 Å². The van der Waals surface area contributed by atoms with Gasteiger partial charge in [-0.25, -0.2) is 0 Å². The second kappa shape index (κ2) is 7.47. The lowest BCUT2D eigenvalue weighted by atomic mass is 10.1. The van der Waals surface area contributed by atoms with Gasteiger partial charge in [-0.15, -0.1) is 0 Å². The molecule has 0 amide bonds. The van der Waals surface area contributed by atoms with Crippen LogP contribution in [0.2, 0.25) is 5.02 Å². The summed E-state index contributed by atoms with van der Waals surface area (Å²) in [5, 5.41) is 13.0. The van der Waals surface area contributed by atoms with Crippen LogP contribution in [0.25, 0.3) is 0 Å². The first-order valence-electron chi connectivity index (χ1n) is 5.71. The van der Waals surface area contributed by atoms with E-state index in [4.69, 9.17) is 16.9 Å². The van der Waals surface area contributed by atoms with Gasteiger partial charge in [-0.2, -0.15) is 17.0 Å². The minimum atomic E-state index is 0.363. The van der Waals surface area contributed by atoms with Gasteiger partial charge >= 0.3 is 0 Å². The van der Waals surface area contributed by atoms with Crippen LogP contribution >= 0.6 is 23.4 Å². The zero-order chi connectivity index (χ0) is 12.7. The third-order valence-electron chi connectivity index (χ3n) is 2.40. The van der Waals surface area contributed by atoms with E-state index < -0.39 is 0 Å². The Morgan fingerprint density at radius 2 is 2.29 bits per heavy atom. The van der Waals surface area contributed by atoms with E-state index >= 15 is 0 Å². The summed E-state index contributed by atoms with van der Waals surface area (Å²) in [5.74, 6) is 2.29. The zero-order valence-corrected chi connectivity index (χ0v) is 11.7. The van der Waals surface area contributed by atoms with Crippen molar-refractivity contribution in [1.29, 1.82) is 5.26 Å². The molecule has 0 bridgehead atoms. The summed E-state index contributed by atoms with van der Waals surface area (Å²) in [6.07, 6.45) is 1.09. The summed E-state index contributed by atoms with van der Waals surface area (Å²) in [6.45, 7) is 4.29. The highest BCUT2D eigenvalue weighted by Crippen LogP contribution is 2.21. The number of nitrogens with zero attached hydrogens (tertiary/aromatic N) is 1. The average Bonchev–Trinajstić information content (AvgIpc) is 2.32. The highest BCUT2D eigenvalue weighted by atomic mass is 35.5. The molecule has 0 radical (unpaired) electrons. The molecule has 0 aliphatic carbocycles. The highest BCUT2D eigenvalue weighted by Gasteiger charge is 2.06. The minimum absolute atomic E-state index is 0.363. The Hall–Kier alpha value is -0.850. The molecule has 1 N–H and O–H groups in total. The van der Waals surface area contributed by atoms with Crippen LogP contribution < -0.4 is 5.32 Å². The Kier molecular flexibility index (Phi) is 6.25. The van der Waals surface area contributed by atoms with Crippen molar-refractivity contribution in [1.82, 2.24) is 0 Å². The zero-order valence-electron chi connectivity index (χ0n) is 10.2. The quantitative estimate of drug-likeness (QED) is 0.787. The summed E-state index contributed by atoms with van der Waals surface area (Å²) >= 11 is 7.79. The molecule has 1 aromatic carbocycles. The van der Waals surface area contributed by atoms with Crippen LogP contribution in [0.4, 0.5) is 5.69 Å². The Balaban J connectivity index is 2.59. The largest absolute Gasteiger partial charge is 0.381 e. The Morgan fingerprint density at radius 3 is 2.94 bits per heavy atom. The monoisotopic (exact) mass is 268 g/mol. The molecule has 4 heteroatoms. The summed E-state index contributed by atoms with van der Waals surface area (Å²) in [7, 11) is 0. The molecular weight excluding hydrogens is 252 g/mol. The Bertz CT molecular complexity index is 401. The van der Waals surface area contributed by atoms with E-state index in [1.54, 1.807) is 12.1 Å². The molecule has 2 nitrogen and oxygen atoms in total. The van der Waals surface area contributed by atoms with Crippen molar-refractivity contribution in [2.45, 2.75) is 26.3 Å². The van der Waals surface area contributed by atoms with Crippen LogP contribution in [-0.4, -0.2) is 17.5 Å². The molecule has 0 aromatic heterocycles. The van der Waals surface area contributed by atoms with Crippen LogP contribution in [-0.2, 0) is 0 Å². The van der Waals surface area contributed by atoms with Gasteiger partial charge in [-0.05, 0) is 43.0 Å². The minimum Gasteiger partial charge on any atom is -0.381 e.